The van der Waals surface area contributed by atoms with Crippen LogP contribution in [-0.4, -0.2) is 19.1 Å². The molecule has 7 heteroatoms. The number of methoxy groups -OCH3 is 1. The Balaban J connectivity index is 2.90. The Morgan fingerprint density at radius 1 is 1.50 bits per heavy atom. The van der Waals surface area contributed by atoms with E-state index in [-0.39, 0.29) is 11.4 Å². The fraction of sp³-hybridized carbons (Fsp3) is 0.364. The van der Waals surface area contributed by atoms with Gasteiger partial charge in [-0.2, -0.15) is 13.2 Å². The molecule has 1 aromatic carbocycles. The van der Waals surface area contributed by atoms with Crippen LogP contribution >= 0.6 is 11.6 Å². The number of alkyl halides is 3. The molecule has 0 saturated heterocycles. The monoisotopic (exact) mass is 281 g/mol. The van der Waals surface area contributed by atoms with Crippen LogP contribution in [0.1, 0.15) is 11.1 Å². The molecule has 0 aliphatic carbocycles. The Kier molecular flexibility index (Phi) is 4.59. The summed E-state index contributed by atoms with van der Waals surface area (Å²) in [5.41, 5.74) is 5.02. The van der Waals surface area contributed by atoms with Gasteiger partial charge in [-0.25, -0.2) is 0 Å². The van der Waals surface area contributed by atoms with Gasteiger partial charge in [0.05, 0.1) is 12.7 Å². The summed E-state index contributed by atoms with van der Waals surface area (Å²) in [6, 6.07) is 1.95. The van der Waals surface area contributed by atoms with E-state index in [4.69, 9.17) is 17.3 Å². The number of nitrogens with two attached hydrogens (primary N) is 1. The van der Waals surface area contributed by atoms with Crippen molar-refractivity contribution in [3.05, 3.63) is 34.3 Å². The van der Waals surface area contributed by atoms with Crippen molar-refractivity contribution in [1.29, 1.82) is 0 Å². The summed E-state index contributed by atoms with van der Waals surface area (Å²) in [5.74, 6) is -0.647. The van der Waals surface area contributed by atoms with Crippen molar-refractivity contribution in [1.82, 2.24) is 0 Å². The molecule has 100 valence electrons. The zero-order chi connectivity index (χ0) is 13.9. The average Bonchev–Trinajstić information content (AvgIpc) is 2.29. The first kappa shape index (κ1) is 14.8. The van der Waals surface area contributed by atoms with Crippen molar-refractivity contribution in [2.24, 2.45) is 5.73 Å². The molecule has 0 bridgehead atoms. The Hall–Kier alpha value is -1.27. The molecular weight excluding hydrogens is 271 g/mol. The first-order chi connectivity index (χ1) is 8.25. The highest BCUT2D eigenvalue weighted by Crippen LogP contribution is 2.32. The highest BCUT2D eigenvalue weighted by Gasteiger charge is 2.31. The van der Waals surface area contributed by atoms with Gasteiger partial charge in [-0.3, -0.25) is 4.79 Å². The minimum Gasteiger partial charge on any atom is -0.468 e. The minimum absolute atomic E-state index is 0.0175. The molecular formula is C11H11ClF3NO2. The Morgan fingerprint density at radius 3 is 2.56 bits per heavy atom. The molecule has 0 heterocycles. The van der Waals surface area contributed by atoms with Crippen molar-refractivity contribution in [2.45, 2.75) is 18.6 Å². The van der Waals surface area contributed by atoms with E-state index < -0.39 is 23.8 Å². The highest BCUT2D eigenvalue weighted by molar-refractivity contribution is 6.31. The topological polar surface area (TPSA) is 52.3 Å². The summed E-state index contributed by atoms with van der Waals surface area (Å²) >= 11 is 5.72. The van der Waals surface area contributed by atoms with E-state index in [0.29, 0.717) is 5.56 Å². The maximum absolute atomic E-state index is 12.4. The Labute approximate surface area is 107 Å². The predicted octanol–water partition coefficient (Wildman–Crippen LogP) is 2.40. The van der Waals surface area contributed by atoms with Crippen LogP contribution in [0.5, 0.6) is 0 Å². The summed E-state index contributed by atoms with van der Waals surface area (Å²) in [4.78, 5) is 11.1. The number of carbonyl (C=O) groups is 1. The van der Waals surface area contributed by atoms with Gasteiger partial charge in [0.2, 0.25) is 0 Å². The number of hydrogen-bond acceptors (Lipinski definition) is 3. The fourth-order valence-corrected chi connectivity index (χ4v) is 1.62. The molecule has 0 spiro atoms. The summed E-state index contributed by atoms with van der Waals surface area (Å²) in [6.45, 7) is 0. The molecule has 0 aliphatic heterocycles. The lowest BCUT2D eigenvalue weighted by atomic mass is 10.0. The maximum Gasteiger partial charge on any atom is 0.416 e. The van der Waals surface area contributed by atoms with Gasteiger partial charge in [-0.15, -0.1) is 0 Å². The van der Waals surface area contributed by atoms with Crippen LogP contribution in [0.3, 0.4) is 0 Å². The molecule has 0 aliphatic rings. The second-order valence-electron chi connectivity index (χ2n) is 3.64. The SMILES string of the molecule is COC(=O)[C@H](N)Cc1ccc(C(F)(F)F)cc1Cl. The number of benzene rings is 1. The largest absolute Gasteiger partial charge is 0.468 e. The highest BCUT2D eigenvalue weighted by atomic mass is 35.5. The number of rotatable bonds is 3. The third-order valence-corrected chi connectivity index (χ3v) is 2.68. The molecule has 0 fully saturated rings. The van der Waals surface area contributed by atoms with E-state index in [9.17, 15) is 18.0 Å². The van der Waals surface area contributed by atoms with E-state index in [0.717, 1.165) is 12.1 Å². The predicted molar refractivity (Wildman–Crippen MR) is 60.1 cm³/mol. The van der Waals surface area contributed by atoms with E-state index in [1.807, 2.05) is 0 Å². The van der Waals surface area contributed by atoms with Crippen molar-refractivity contribution >= 4 is 17.6 Å². The molecule has 0 radical (unpaired) electrons. The quantitative estimate of drug-likeness (QED) is 0.866. The van der Waals surface area contributed by atoms with Gasteiger partial charge in [-0.05, 0) is 24.1 Å². The number of carbonyl (C=O) groups excluding carboxylic acids is 1. The molecule has 0 unspecified atom stereocenters. The van der Waals surface area contributed by atoms with Crippen LogP contribution in [0.15, 0.2) is 18.2 Å². The molecule has 1 aromatic rings. The number of hydrogen-bond donors (Lipinski definition) is 1. The van der Waals surface area contributed by atoms with Crippen LogP contribution < -0.4 is 5.73 Å². The molecule has 1 rings (SSSR count). The number of esters is 1. The Morgan fingerprint density at radius 2 is 2.11 bits per heavy atom. The zero-order valence-electron chi connectivity index (χ0n) is 9.42. The lowest BCUT2D eigenvalue weighted by molar-refractivity contribution is -0.142. The van der Waals surface area contributed by atoms with Gasteiger partial charge < -0.3 is 10.5 Å². The zero-order valence-corrected chi connectivity index (χ0v) is 10.2. The molecule has 18 heavy (non-hydrogen) atoms. The van der Waals surface area contributed by atoms with Gasteiger partial charge in [0, 0.05) is 5.02 Å². The third-order valence-electron chi connectivity index (χ3n) is 2.32. The maximum atomic E-state index is 12.4. The molecule has 2 N–H and O–H groups in total. The smallest absolute Gasteiger partial charge is 0.416 e. The minimum atomic E-state index is -4.45. The second-order valence-corrected chi connectivity index (χ2v) is 4.04. The standard InChI is InChI=1S/C11H11ClF3NO2/c1-18-10(17)9(16)4-6-2-3-7(5-8(6)12)11(13,14)15/h2-3,5,9H,4,16H2,1H3/t9-/m1/s1. The number of halogens is 4. The van der Waals surface area contributed by atoms with Gasteiger partial charge in [0.15, 0.2) is 0 Å². The van der Waals surface area contributed by atoms with Crippen molar-refractivity contribution in [2.75, 3.05) is 7.11 Å². The summed E-state index contributed by atoms with van der Waals surface area (Å²) in [5, 5.41) is -0.0795. The molecule has 3 nitrogen and oxygen atoms in total. The van der Waals surface area contributed by atoms with Crippen molar-refractivity contribution in [3.8, 4) is 0 Å². The van der Waals surface area contributed by atoms with Crippen LogP contribution in [-0.2, 0) is 22.1 Å². The van der Waals surface area contributed by atoms with Crippen molar-refractivity contribution < 1.29 is 22.7 Å². The first-order valence-corrected chi connectivity index (χ1v) is 5.32. The molecule has 0 aromatic heterocycles. The van der Waals surface area contributed by atoms with Crippen molar-refractivity contribution in [3.63, 3.8) is 0 Å². The molecule has 0 saturated carbocycles. The molecule has 1 atom stereocenters. The van der Waals surface area contributed by atoms with Crippen LogP contribution in [0, 0.1) is 0 Å². The second kappa shape index (κ2) is 5.58. The fourth-order valence-electron chi connectivity index (χ4n) is 1.36. The van der Waals surface area contributed by atoms with Gasteiger partial charge in [0.25, 0.3) is 0 Å². The van der Waals surface area contributed by atoms with Crippen LogP contribution in [0.4, 0.5) is 13.2 Å². The summed E-state index contributed by atoms with van der Waals surface area (Å²) < 4.78 is 41.6. The van der Waals surface area contributed by atoms with Crippen LogP contribution in [0.25, 0.3) is 0 Å². The van der Waals surface area contributed by atoms with Gasteiger partial charge >= 0.3 is 12.1 Å². The number of ether oxygens (including phenoxy) is 1. The van der Waals surface area contributed by atoms with E-state index >= 15 is 0 Å². The Bertz CT molecular complexity index is 448. The third kappa shape index (κ3) is 3.61. The van der Waals surface area contributed by atoms with Gasteiger partial charge in [0.1, 0.15) is 6.04 Å². The normalized spacial score (nSPS) is 13.2. The summed E-state index contributed by atoms with van der Waals surface area (Å²) in [7, 11) is 1.18. The first-order valence-electron chi connectivity index (χ1n) is 4.94. The average molecular weight is 282 g/mol. The lowest BCUT2D eigenvalue weighted by Crippen LogP contribution is -2.33. The molecule has 0 amide bonds. The van der Waals surface area contributed by atoms with E-state index in [1.54, 1.807) is 0 Å². The van der Waals surface area contributed by atoms with Crippen LogP contribution in [0.2, 0.25) is 5.02 Å². The van der Waals surface area contributed by atoms with E-state index in [1.165, 1.54) is 13.2 Å². The van der Waals surface area contributed by atoms with Gasteiger partial charge in [-0.1, -0.05) is 17.7 Å². The lowest BCUT2D eigenvalue weighted by Gasteiger charge is -2.12. The summed E-state index contributed by atoms with van der Waals surface area (Å²) in [6.07, 6.45) is -4.43. The van der Waals surface area contributed by atoms with E-state index in [2.05, 4.69) is 4.74 Å².